The predicted molar refractivity (Wildman–Crippen MR) is 141 cm³/mol. The van der Waals surface area contributed by atoms with Crippen LogP contribution in [0.3, 0.4) is 0 Å². The van der Waals surface area contributed by atoms with Crippen LogP contribution in [0.4, 0.5) is 4.79 Å². The Morgan fingerprint density at radius 2 is 1.76 bits per heavy atom. The number of benzene rings is 1. The molecule has 1 aliphatic rings. The summed E-state index contributed by atoms with van der Waals surface area (Å²) in [6.45, 7) is 20.7. The van der Waals surface area contributed by atoms with E-state index in [0.29, 0.717) is 19.7 Å². The Kier molecular flexibility index (Phi) is 7.51. The molecule has 0 spiro atoms. The first-order valence-corrected chi connectivity index (χ1v) is 12.9. The predicted octanol–water partition coefficient (Wildman–Crippen LogP) is 7.34. The van der Waals surface area contributed by atoms with Gasteiger partial charge in [-0.1, -0.05) is 59.8 Å². The minimum atomic E-state index is -0.481. The van der Waals surface area contributed by atoms with Crippen molar-refractivity contribution < 1.29 is 14.3 Å². The molecule has 2 aromatic rings. The molecule has 1 aliphatic heterocycles. The minimum absolute atomic E-state index is 0.0171. The Hall–Kier alpha value is -2.34. The molecule has 0 saturated carbocycles. The van der Waals surface area contributed by atoms with Crippen molar-refractivity contribution in [2.24, 2.45) is 0 Å². The van der Waals surface area contributed by atoms with E-state index in [4.69, 9.17) is 14.5 Å². The topological polar surface area (TPSA) is 51.7 Å². The van der Waals surface area contributed by atoms with Gasteiger partial charge in [0.25, 0.3) is 0 Å². The lowest BCUT2D eigenvalue weighted by molar-refractivity contribution is 0.0270. The van der Waals surface area contributed by atoms with E-state index in [0.717, 1.165) is 22.9 Å². The van der Waals surface area contributed by atoms with Crippen molar-refractivity contribution in [2.45, 2.75) is 91.8 Å². The van der Waals surface area contributed by atoms with Gasteiger partial charge in [-0.05, 0) is 60.8 Å². The van der Waals surface area contributed by atoms with E-state index in [1.807, 2.05) is 20.8 Å². The maximum atomic E-state index is 12.3. The summed E-state index contributed by atoms with van der Waals surface area (Å²) in [6.07, 6.45) is 2.60. The first-order valence-electron chi connectivity index (χ1n) is 12.0. The molecule has 0 fully saturated rings. The summed E-state index contributed by atoms with van der Waals surface area (Å²) in [5, 5.41) is 3.07. The van der Waals surface area contributed by atoms with Crippen molar-refractivity contribution in [1.29, 1.82) is 0 Å². The fourth-order valence-corrected chi connectivity index (χ4v) is 4.61. The number of aromatic nitrogens is 1. The molecule has 1 aromatic heterocycles. The van der Waals surface area contributed by atoms with Crippen LogP contribution in [-0.2, 0) is 22.2 Å². The monoisotopic (exact) mass is 484 g/mol. The molecule has 186 valence electrons. The molecular formula is C28H40N2O3S. The molecule has 3 rings (SSSR count). The standard InChI is InChI=1S/C28H40N2O3S/c1-26(2,3)20-10-11-23(22(16-20)27(4,5)6)32-17-21-18-34-24(29-21)19-12-14-30(15-13-19)25(31)33-28(7,8)9/h10-12,16,18H,13-15,17H2,1-9H3. The fraction of sp³-hybridized carbons (Fsp3) is 0.571. The zero-order valence-corrected chi connectivity index (χ0v) is 23.1. The number of hydrogen-bond acceptors (Lipinski definition) is 5. The van der Waals surface area contributed by atoms with Gasteiger partial charge in [0.1, 0.15) is 23.0 Å². The van der Waals surface area contributed by atoms with E-state index < -0.39 is 5.60 Å². The number of hydrogen-bond donors (Lipinski definition) is 0. The first kappa shape index (κ1) is 26.3. The van der Waals surface area contributed by atoms with Crippen LogP contribution >= 0.6 is 11.3 Å². The summed E-state index contributed by atoms with van der Waals surface area (Å²) < 4.78 is 11.8. The van der Waals surface area contributed by atoms with Gasteiger partial charge in [0.05, 0.1) is 5.69 Å². The summed E-state index contributed by atoms with van der Waals surface area (Å²) >= 11 is 1.63. The molecule has 0 bridgehead atoms. The van der Waals surface area contributed by atoms with Crippen LogP contribution in [-0.4, -0.2) is 34.7 Å². The summed E-state index contributed by atoms with van der Waals surface area (Å²) in [4.78, 5) is 18.9. The van der Waals surface area contributed by atoms with E-state index in [-0.39, 0.29) is 16.9 Å². The van der Waals surface area contributed by atoms with Gasteiger partial charge in [-0.2, -0.15) is 0 Å². The second-order valence-corrected chi connectivity index (χ2v) is 12.9. The Morgan fingerprint density at radius 3 is 2.32 bits per heavy atom. The fourth-order valence-electron chi connectivity index (χ4n) is 3.74. The van der Waals surface area contributed by atoms with Crippen LogP contribution in [0.15, 0.2) is 29.7 Å². The van der Waals surface area contributed by atoms with E-state index >= 15 is 0 Å². The quantitative estimate of drug-likeness (QED) is 0.455. The van der Waals surface area contributed by atoms with Crippen molar-refractivity contribution >= 4 is 23.0 Å². The third kappa shape index (κ3) is 6.84. The van der Waals surface area contributed by atoms with E-state index in [9.17, 15) is 4.79 Å². The number of ether oxygens (including phenoxy) is 2. The van der Waals surface area contributed by atoms with Crippen LogP contribution in [0.5, 0.6) is 5.75 Å². The summed E-state index contributed by atoms with van der Waals surface area (Å²) in [5.41, 5.74) is 4.23. The van der Waals surface area contributed by atoms with Crippen molar-refractivity contribution in [3.8, 4) is 5.75 Å². The number of carbonyl (C=O) groups excluding carboxylic acids is 1. The van der Waals surface area contributed by atoms with Gasteiger partial charge in [-0.15, -0.1) is 11.3 Å². The zero-order chi connectivity index (χ0) is 25.3. The van der Waals surface area contributed by atoms with Crippen LogP contribution in [0.1, 0.15) is 90.6 Å². The average Bonchev–Trinajstić information content (AvgIpc) is 3.18. The van der Waals surface area contributed by atoms with Gasteiger partial charge in [0.15, 0.2) is 0 Å². The summed E-state index contributed by atoms with van der Waals surface area (Å²) in [5.74, 6) is 0.917. The molecule has 0 N–H and O–H groups in total. The molecule has 0 radical (unpaired) electrons. The number of amides is 1. The molecule has 2 heterocycles. The molecule has 6 heteroatoms. The summed E-state index contributed by atoms with van der Waals surface area (Å²) in [7, 11) is 0. The van der Waals surface area contributed by atoms with Gasteiger partial charge in [-0.25, -0.2) is 9.78 Å². The minimum Gasteiger partial charge on any atom is -0.487 e. The second-order valence-electron chi connectivity index (χ2n) is 12.0. The maximum Gasteiger partial charge on any atom is 0.410 e. The van der Waals surface area contributed by atoms with Gasteiger partial charge in [0.2, 0.25) is 0 Å². The van der Waals surface area contributed by atoms with Crippen LogP contribution < -0.4 is 4.74 Å². The molecule has 1 amide bonds. The highest BCUT2D eigenvalue weighted by Gasteiger charge is 2.25. The van der Waals surface area contributed by atoms with E-state index in [1.165, 1.54) is 16.7 Å². The van der Waals surface area contributed by atoms with Gasteiger partial charge < -0.3 is 14.4 Å². The highest BCUT2D eigenvalue weighted by Crippen LogP contribution is 2.36. The van der Waals surface area contributed by atoms with E-state index in [2.05, 4.69) is 71.2 Å². The smallest absolute Gasteiger partial charge is 0.410 e. The third-order valence-corrected chi connectivity index (χ3v) is 6.68. The molecule has 5 nitrogen and oxygen atoms in total. The maximum absolute atomic E-state index is 12.3. The lowest BCUT2D eigenvalue weighted by Crippen LogP contribution is -2.39. The molecule has 0 unspecified atom stereocenters. The van der Waals surface area contributed by atoms with Gasteiger partial charge >= 0.3 is 6.09 Å². The number of thiazole rings is 1. The second kappa shape index (κ2) is 9.73. The van der Waals surface area contributed by atoms with Crippen molar-refractivity contribution in [3.63, 3.8) is 0 Å². The van der Waals surface area contributed by atoms with E-state index in [1.54, 1.807) is 16.2 Å². The number of carbonyl (C=O) groups is 1. The van der Waals surface area contributed by atoms with Crippen LogP contribution in [0.2, 0.25) is 0 Å². The Morgan fingerprint density at radius 1 is 1.06 bits per heavy atom. The normalized spacial score (nSPS) is 15.2. The highest BCUT2D eigenvalue weighted by molar-refractivity contribution is 7.10. The largest absolute Gasteiger partial charge is 0.487 e. The van der Waals surface area contributed by atoms with Crippen LogP contribution in [0.25, 0.3) is 5.57 Å². The Bertz CT molecular complexity index is 1050. The highest BCUT2D eigenvalue weighted by atomic mass is 32.1. The Labute approximate surface area is 209 Å². The zero-order valence-electron chi connectivity index (χ0n) is 22.2. The molecule has 0 saturated heterocycles. The lowest BCUT2D eigenvalue weighted by Gasteiger charge is -2.29. The molecule has 34 heavy (non-hydrogen) atoms. The molecular weight excluding hydrogens is 444 g/mol. The number of nitrogens with zero attached hydrogens (tertiary/aromatic N) is 2. The summed E-state index contributed by atoms with van der Waals surface area (Å²) in [6, 6.07) is 6.55. The van der Waals surface area contributed by atoms with Crippen molar-refractivity contribution in [2.75, 3.05) is 13.1 Å². The lowest BCUT2D eigenvalue weighted by atomic mass is 9.80. The Balaban J connectivity index is 1.67. The average molecular weight is 485 g/mol. The van der Waals surface area contributed by atoms with Gasteiger partial charge in [-0.3, -0.25) is 0 Å². The molecule has 1 aromatic carbocycles. The van der Waals surface area contributed by atoms with Crippen molar-refractivity contribution in [1.82, 2.24) is 9.88 Å². The van der Waals surface area contributed by atoms with Crippen molar-refractivity contribution in [3.05, 3.63) is 51.5 Å². The van der Waals surface area contributed by atoms with Gasteiger partial charge in [0, 0.05) is 18.5 Å². The van der Waals surface area contributed by atoms with Crippen LogP contribution in [0, 0.1) is 0 Å². The first-order chi connectivity index (χ1) is 15.6. The SMILES string of the molecule is CC(C)(C)OC(=O)N1CC=C(c2nc(COc3ccc(C(C)(C)C)cc3C(C)(C)C)cs2)CC1. The number of rotatable bonds is 4. The molecule has 0 aliphatic carbocycles. The molecule has 0 atom stereocenters. The third-order valence-electron chi connectivity index (χ3n) is 5.72.